The predicted octanol–water partition coefficient (Wildman–Crippen LogP) is 4.89. The molecule has 5 heteroatoms. The molecule has 1 aromatic carbocycles. The highest BCUT2D eigenvalue weighted by Gasteiger charge is 2.21. The van der Waals surface area contributed by atoms with E-state index < -0.39 is 0 Å². The third-order valence-corrected chi connectivity index (χ3v) is 5.21. The summed E-state index contributed by atoms with van der Waals surface area (Å²) in [5, 5.41) is 3.57. The number of nitrogens with two attached hydrogens (primary N) is 1. The molecule has 4 nitrogen and oxygen atoms in total. The molecule has 0 bridgehead atoms. The van der Waals surface area contributed by atoms with Crippen LogP contribution in [0.4, 0.5) is 11.4 Å². The van der Waals surface area contributed by atoms with Crippen LogP contribution >= 0.6 is 11.8 Å². The molecule has 0 amide bonds. The number of nitrogens with zero attached hydrogens (tertiary/aromatic N) is 1. The van der Waals surface area contributed by atoms with Gasteiger partial charge in [-0.1, -0.05) is 18.2 Å². The lowest BCUT2D eigenvalue weighted by Crippen LogP contribution is -2.15. The Morgan fingerprint density at radius 3 is 2.76 bits per heavy atom. The summed E-state index contributed by atoms with van der Waals surface area (Å²) in [4.78, 5) is 4.74. The lowest BCUT2D eigenvalue weighted by molar-refractivity contribution is 0.461. The number of pyridine rings is 1. The summed E-state index contributed by atoms with van der Waals surface area (Å²) < 4.78 is 5.98. The molecule has 0 saturated heterocycles. The molecule has 2 aromatic rings. The average Bonchev–Trinajstić information content (AvgIpc) is 2.65. The van der Waals surface area contributed by atoms with E-state index in [1.54, 1.807) is 0 Å². The summed E-state index contributed by atoms with van der Waals surface area (Å²) in [5.74, 6) is 2.50. The summed E-state index contributed by atoms with van der Waals surface area (Å²) in [6, 6.07) is 9.73. The smallest absolute Gasteiger partial charge is 0.245 e. The number of unbranched alkanes of at least 4 members (excludes halogenated alkanes) is 1. The van der Waals surface area contributed by atoms with Gasteiger partial charge in [-0.3, -0.25) is 0 Å². The topological polar surface area (TPSA) is 60.2 Å². The van der Waals surface area contributed by atoms with E-state index >= 15 is 0 Å². The molecule has 0 spiro atoms. The first kappa shape index (κ1) is 17.9. The lowest BCUT2D eigenvalue weighted by Gasteiger charge is -2.23. The van der Waals surface area contributed by atoms with Gasteiger partial charge in [0.05, 0.1) is 5.69 Å². The first-order chi connectivity index (χ1) is 12.3. The molecule has 0 fully saturated rings. The first-order valence-corrected chi connectivity index (χ1v) is 10.5. The Hall–Kier alpha value is -1.88. The fraction of sp³-hybridized carbons (Fsp3) is 0.450. The van der Waals surface area contributed by atoms with E-state index in [4.69, 9.17) is 15.5 Å². The van der Waals surface area contributed by atoms with Gasteiger partial charge in [0.25, 0.3) is 0 Å². The van der Waals surface area contributed by atoms with Crippen molar-refractivity contribution in [2.24, 2.45) is 0 Å². The Balaban J connectivity index is 1.82. The second kappa shape index (κ2) is 8.99. The van der Waals surface area contributed by atoms with Gasteiger partial charge in [-0.05, 0) is 68.2 Å². The van der Waals surface area contributed by atoms with Crippen molar-refractivity contribution in [1.29, 1.82) is 0 Å². The molecule has 0 saturated carbocycles. The molecule has 0 aliphatic heterocycles. The number of fused-ring (bicyclic) bond motifs is 1. The Kier molecular flexibility index (Phi) is 6.45. The van der Waals surface area contributed by atoms with E-state index in [0.717, 1.165) is 42.9 Å². The summed E-state index contributed by atoms with van der Waals surface area (Å²) >= 11 is 1.90. The van der Waals surface area contributed by atoms with Crippen molar-refractivity contribution in [1.82, 2.24) is 4.98 Å². The number of hydrogen-bond donors (Lipinski definition) is 2. The summed E-state index contributed by atoms with van der Waals surface area (Å²) in [6.45, 7) is 0.936. The fourth-order valence-electron chi connectivity index (χ4n) is 3.20. The van der Waals surface area contributed by atoms with Crippen molar-refractivity contribution in [3.63, 3.8) is 0 Å². The van der Waals surface area contributed by atoms with Crippen molar-refractivity contribution >= 4 is 23.1 Å². The highest BCUT2D eigenvalue weighted by Crippen LogP contribution is 2.38. The number of nitrogen functional groups attached to an aromatic ring is 1. The van der Waals surface area contributed by atoms with E-state index in [2.05, 4.69) is 11.6 Å². The molecule has 25 heavy (non-hydrogen) atoms. The lowest BCUT2D eigenvalue weighted by atomic mass is 9.94. The van der Waals surface area contributed by atoms with Crippen molar-refractivity contribution in [3.05, 3.63) is 41.6 Å². The van der Waals surface area contributed by atoms with E-state index in [0.29, 0.717) is 11.6 Å². The van der Waals surface area contributed by atoms with Crippen LogP contribution in [0.5, 0.6) is 11.6 Å². The number of para-hydroxylation sites is 1. The van der Waals surface area contributed by atoms with Gasteiger partial charge in [0.2, 0.25) is 5.88 Å². The molecule has 3 rings (SSSR count). The van der Waals surface area contributed by atoms with Crippen molar-refractivity contribution in [3.8, 4) is 11.6 Å². The number of nitrogens with one attached hydrogen (secondary N) is 1. The Morgan fingerprint density at radius 2 is 1.96 bits per heavy atom. The van der Waals surface area contributed by atoms with Gasteiger partial charge in [0, 0.05) is 12.2 Å². The summed E-state index contributed by atoms with van der Waals surface area (Å²) in [5.41, 5.74) is 10.5. The molecule has 1 heterocycles. The van der Waals surface area contributed by atoms with E-state index in [1.807, 2.05) is 42.1 Å². The Bertz CT molecular complexity index is 691. The maximum atomic E-state index is 6.44. The minimum atomic E-state index is 0.526. The van der Waals surface area contributed by atoms with Crippen LogP contribution in [0.2, 0.25) is 0 Å². The number of aryl methyl sites for hydroxylation is 1. The van der Waals surface area contributed by atoms with Crippen LogP contribution in [0.3, 0.4) is 0 Å². The zero-order chi connectivity index (χ0) is 17.5. The maximum absolute atomic E-state index is 6.44. The van der Waals surface area contributed by atoms with Crippen molar-refractivity contribution in [2.45, 2.75) is 38.5 Å². The molecule has 3 N–H and O–H groups in total. The largest absolute Gasteiger partial charge is 0.437 e. The predicted molar refractivity (Wildman–Crippen MR) is 108 cm³/mol. The Morgan fingerprint density at radius 1 is 1.16 bits per heavy atom. The maximum Gasteiger partial charge on any atom is 0.245 e. The SMILES string of the molecule is CSCCCCNc1c(N)c(Oc2ccccc2)nc2c1CCCC2. The van der Waals surface area contributed by atoms with Crippen LogP contribution in [0.25, 0.3) is 0 Å². The normalized spacial score (nSPS) is 13.3. The first-order valence-electron chi connectivity index (χ1n) is 9.06. The summed E-state index contributed by atoms with van der Waals surface area (Å²) in [6.07, 6.45) is 8.95. The molecule has 0 radical (unpaired) electrons. The van der Waals surface area contributed by atoms with E-state index in [-0.39, 0.29) is 0 Å². The highest BCUT2D eigenvalue weighted by atomic mass is 32.2. The number of rotatable bonds is 8. The second-order valence-electron chi connectivity index (χ2n) is 6.38. The number of thioether (sulfide) groups is 1. The minimum absolute atomic E-state index is 0.526. The van der Waals surface area contributed by atoms with Gasteiger partial charge in [0.15, 0.2) is 0 Å². The highest BCUT2D eigenvalue weighted by molar-refractivity contribution is 7.98. The van der Waals surface area contributed by atoms with E-state index in [1.165, 1.54) is 30.6 Å². The van der Waals surface area contributed by atoms with Gasteiger partial charge in [-0.15, -0.1) is 0 Å². The third-order valence-electron chi connectivity index (χ3n) is 4.51. The monoisotopic (exact) mass is 357 g/mol. The standard InChI is InChI=1S/C20H27N3OS/c1-25-14-8-7-13-22-19-16-11-5-6-12-17(16)23-20(18(19)21)24-15-9-3-2-4-10-15/h2-4,9-10H,5-8,11-14,21H2,1H3,(H,22,23). The number of aromatic nitrogens is 1. The van der Waals surface area contributed by atoms with Crippen molar-refractivity contribution < 1.29 is 4.74 Å². The van der Waals surface area contributed by atoms with Gasteiger partial charge in [-0.25, -0.2) is 4.98 Å². The average molecular weight is 358 g/mol. The molecule has 134 valence electrons. The zero-order valence-corrected chi connectivity index (χ0v) is 15.7. The summed E-state index contributed by atoms with van der Waals surface area (Å²) in [7, 11) is 0. The molecule has 1 aliphatic rings. The fourth-order valence-corrected chi connectivity index (χ4v) is 3.69. The number of hydrogen-bond acceptors (Lipinski definition) is 5. The zero-order valence-electron chi connectivity index (χ0n) is 14.9. The molecule has 0 unspecified atom stereocenters. The minimum Gasteiger partial charge on any atom is -0.437 e. The van der Waals surface area contributed by atoms with Crippen LogP contribution in [-0.4, -0.2) is 23.5 Å². The van der Waals surface area contributed by atoms with Crippen LogP contribution in [0, 0.1) is 0 Å². The Labute approximate surface area is 154 Å². The van der Waals surface area contributed by atoms with Gasteiger partial charge in [-0.2, -0.15) is 11.8 Å². The van der Waals surface area contributed by atoms with Crippen molar-refractivity contribution in [2.75, 3.05) is 29.6 Å². The molecular formula is C20H27N3OS. The van der Waals surface area contributed by atoms with Crippen LogP contribution < -0.4 is 15.8 Å². The van der Waals surface area contributed by atoms with Crippen LogP contribution in [0.1, 0.15) is 36.9 Å². The number of ether oxygens (including phenoxy) is 1. The van der Waals surface area contributed by atoms with Crippen LogP contribution in [-0.2, 0) is 12.8 Å². The molecule has 1 aliphatic carbocycles. The van der Waals surface area contributed by atoms with Gasteiger partial charge in [0.1, 0.15) is 11.4 Å². The van der Waals surface area contributed by atoms with Gasteiger partial charge >= 0.3 is 0 Å². The van der Waals surface area contributed by atoms with Crippen LogP contribution in [0.15, 0.2) is 30.3 Å². The van der Waals surface area contributed by atoms with Gasteiger partial charge < -0.3 is 15.8 Å². The second-order valence-corrected chi connectivity index (χ2v) is 7.37. The van der Waals surface area contributed by atoms with E-state index in [9.17, 15) is 0 Å². The molecule has 0 atom stereocenters. The third kappa shape index (κ3) is 4.60. The number of benzene rings is 1. The quantitative estimate of drug-likeness (QED) is 0.659. The number of anilines is 2. The molecule has 1 aromatic heterocycles. The molecular weight excluding hydrogens is 330 g/mol.